The molecule has 186 valence electrons. The van der Waals surface area contributed by atoms with Crippen LogP contribution in [0.25, 0.3) is 0 Å². The topological polar surface area (TPSA) is 69.6 Å². The molecule has 2 rings (SSSR count). The summed E-state index contributed by atoms with van der Waals surface area (Å²) in [4.78, 5) is 25.5. The molecular weight excluding hydrogens is 426 g/mol. The van der Waals surface area contributed by atoms with Gasteiger partial charge in [-0.25, -0.2) is 0 Å². The number of hydrogen-bond donors (Lipinski definition) is 2. The van der Waals surface area contributed by atoms with Crippen molar-refractivity contribution in [2.24, 2.45) is 0 Å². The van der Waals surface area contributed by atoms with Crippen molar-refractivity contribution in [2.75, 3.05) is 40.3 Å². The monoisotopic (exact) mass is 468 g/mol. The standard InChI is InChI=1S/C28H41N3O3/c1-6-31(7-2,8-3)21-24-11-9-22(10-12-24)19-27(32)29-18-17-26(30(4)5)25-15-13-23(14-16-25)20-28(33)34/h9-16,26H,6-8,17-21H2,1-5H3,(H-,29,32,33,34)/p+1. The Labute approximate surface area is 205 Å². The third kappa shape index (κ3) is 8.26. The minimum absolute atomic E-state index is 0.0275. The molecule has 0 spiro atoms. The van der Waals surface area contributed by atoms with Crippen molar-refractivity contribution in [1.29, 1.82) is 0 Å². The van der Waals surface area contributed by atoms with E-state index in [1.54, 1.807) is 0 Å². The van der Waals surface area contributed by atoms with Crippen LogP contribution < -0.4 is 5.32 Å². The van der Waals surface area contributed by atoms with Crippen molar-refractivity contribution >= 4 is 11.9 Å². The normalized spacial score (nSPS) is 12.5. The summed E-state index contributed by atoms with van der Waals surface area (Å²) in [6.45, 7) is 11.7. The molecule has 2 aromatic rings. The van der Waals surface area contributed by atoms with Crippen molar-refractivity contribution in [2.45, 2.75) is 52.6 Å². The Morgan fingerprint density at radius 1 is 0.853 bits per heavy atom. The van der Waals surface area contributed by atoms with E-state index in [2.05, 4.69) is 55.3 Å². The average Bonchev–Trinajstić information content (AvgIpc) is 2.82. The molecule has 0 fully saturated rings. The fraction of sp³-hybridized carbons (Fsp3) is 0.500. The summed E-state index contributed by atoms with van der Waals surface area (Å²) in [6, 6.07) is 16.3. The molecule has 0 radical (unpaired) electrons. The van der Waals surface area contributed by atoms with Crippen LogP contribution in [0.1, 0.15) is 55.5 Å². The molecule has 34 heavy (non-hydrogen) atoms. The van der Waals surface area contributed by atoms with Crippen molar-refractivity contribution in [3.05, 3.63) is 70.8 Å². The van der Waals surface area contributed by atoms with Crippen LogP contribution in [0.15, 0.2) is 48.5 Å². The summed E-state index contributed by atoms with van der Waals surface area (Å²) in [5.41, 5.74) is 4.25. The van der Waals surface area contributed by atoms with Crippen LogP contribution in [-0.4, -0.2) is 66.6 Å². The second kappa shape index (κ2) is 13.3. The second-order valence-electron chi connectivity index (χ2n) is 9.37. The number of carbonyl (C=O) groups is 2. The van der Waals surface area contributed by atoms with Gasteiger partial charge in [0.05, 0.1) is 32.5 Å². The number of carboxylic acids is 1. The van der Waals surface area contributed by atoms with Gasteiger partial charge in [-0.3, -0.25) is 9.59 Å². The largest absolute Gasteiger partial charge is 0.481 e. The molecule has 0 aliphatic carbocycles. The van der Waals surface area contributed by atoms with Crippen molar-refractivity contribution in [3.8, 4) is 0 Å². The lowest BCUT2D eigenvalue weighted by atomic mass is 10.00. The highest BCUT2D eigenvalue weighted by Crippen LogP contribution is 2.22. The van der Waals surface area contributed by atoms with E-state index in [1.165, 1.54) is 5.56 Å². The number of amides is 1. The first-order valence-corrected chi connectivity index (χ1v) is 12.4. The molecule has 0 saturated carbocycles. The second-order valence-corrected chi connectivity index (χ2v) is 9.37. The van der Waals surface area contributed by atoms with Crippen LogP contribution in [0.5, 0.6) is 0 Å². The zero-order chi connectivity index (χ0) is 25.1. The summed E-state index contributed by atoms with van der Waals surface area (Å²) < 4.78 is 1.08. The van der Waals surface area contributed by atoms with Gasteiger partial charge in [-0.2, -0.15) is 0 Å². The lowest BCUT2D eigenvalue weighted by Crippen LogP contribution is -2.46. The smallest absolute Gasteiger partial charge is 0.307 e. The predicted octanol–water partition coefficient (Wildman–Crippen LogP) is 4.04. The van der Waals surface area contributed by atoms with Crippen molar-refractivity contribution < 1.29 is 19.2 Å². The summed E-state index contributed by atoms with van der Waals surface area (Å²) in [5.74, 6) is -0.799. The van der Waals surface area contributed by atoms with Crippen LogP contribution in [0.2, 0.25) is 0 Å². The predicted molar refractivity (Wildman–Crippen MR) is 138 cm³/mol. The summed E-state index contributed by atoms with van der Waals surface area (Å²) in [5, 5.41) is 12.0. The van der Waals surface area contributed by atoms with E-state index >= 15 is 0 Å². The Morgan fingerprint density at radius 2 is 1.35 bits per heavy atom. The molecule has 6 heteroatoms. The molecule has 6 nitrogen and oxygen atoms in total. The molecule has 0 aliphatic rings. The average molecular weight is 469 g/mol. The molecule has 2 N–H and O–H groups in total. The molecule has 0 bridgehead atoms. The summed E-state index contributed by atoms with van der Waals surface area (Å²) in [7, 11) is 4.03. The molecule has 0 aliphatic heterocycles. The van der Waals surface area contributed by atoms with Gasteiger partial charge >= 0.3 is 5.97 Å². The van der Waals surface area contributed by atoms with Gasteiger partial charge in [-0.05, 0) is 58.0 Å². The molecule has 0 saturated heterocycles. The zero-order valence-corrected chi connectivity index (χ0v) is 21.5. The van der Waals surface area contributed by atoms with Crippen LogP contribution in [0.3, 0.4) is 0 Å². The van der Waals surface area contributed by atoms with Gasteiger partial charge in [0.15, 0.2) is 0 Å². The maximum Gasteiger partial charge on any atom is 0.307 e. The summed E-state index contributed by atoms with van der Waals surface area (Å²) >= 11 is 0. The summed E-state index contributed by atoms with van der Waals surface area (Å²) in [6.07, 6.45) is 1.19. The molecule has 1 atom stereocenters. The number of quaternary nitrogens is 1. The Balaban J connectivity index is 1.87. The third-order valence-electron chi connectivity index (χ3n) is 7.00. The first-order chi connectivity index (χ1) is 16.2. The van der Waals surface area contributed by atoms with E-state index in [0.717, 1.165) is 53.8 Å². The van der Waals surface area contributed by atoms with E-state index in [9.17, 15) is 9.59 Å². The van der Waals surface area contributed by atoms with Crippen LogP contribution in [0.4, 0.5) is 0 Å². The zero-order valence-electron chi connectivity index (χ0n) is 21.5. The third-order valence-corrected chi connectivity index (χ3v) is 7.00. The van der Waals surface area contributed by atoms with Gasteiger partial charge in [0, 0.05) is 18.2 Å². The highest BCUT2D eigenvalue weighted by atomic mass is 16.4. The quantitative estimate of drug-likeness (QED) is 0.411. The van der Waals surface area contributed by atoms with Gasteiger partial charge < -0.3 is 19.8 Å². The molecule has 0 aromatic heterocycles. The highest BCUT2D eigenvalue weighted by Gasteiger charge is 2.21. The molecule has 1 unspecified atom stereocenters. The number of hydrogen-bond acceptors (Lipinski definition) is 3. The van der Waals surface area contributed by atoms with Gasteiger partial charge in [0.25, 0.3) is 0 Å². The molecule has 0 heterocycles. The van der Waals surface area contributed by atoms with Gasteiger partial charge in [0.1, 0.15) is 6.54 Å². The number of carboxylic acid groups (broad SMARTS) is 1. The first kappa shape index (κ1) is 27.5. The maximum absolute atomic E-state index is 12.5. The lowest BCUT2D eigenvalue weighted by molar-refractivity contribution is -0.936. The Kier molecular flexibility index (Phi) is 10.7. The molecule has 2 aromatic carbocycles. The highest BCUT2D eigenvalue weighted by molar-refractivity contribution is 5.78. The fourth-order valence-corrected chi connectivity index (χ4v) is 4.51. The van der Waals surface area contributed by atoms with Crippen LogP contribution in [0, 0.1) is 0 Å². The fourth-order valence-electron chi connectivity index (χ4n) is 4.51. The van der Waals surface area contributed by atoms with E-state index in [4.69, 9.17) is 5.11 Å². The van der Waals surface area contributed by atoms with E-state index in [0.29, 0.717) is 13.0 Å². The maximum atomic E-state index is 12.5. The number of aliphatic carboxylic acids is 1. The minimum atomic E-state index is -0.829. The van der Waals surface area contributed by atoms with Crippen molar-refractivity contribution in [1.82, 2.24) is 10.2 Å². The lowest BCUT2D eigenvalue weighted by Gasteiger charge is -2.35. The van der Waals surface area contributed by atoms with Gasteiger partial charge in [-0.15, -0.1) is 0 Å². The van der Waals surface area contributed by atoms with Crippen molar-refractivity contribution in [3.63, 3.8) is 0 Å². The number of rotatable bonds is 14. The van der Waals surface area contributed by atoms with Gasteiger partial charge in [-0.1, -0.05) is 48.5 Å². The van der Waals surface area contributed by atoms with E-state index in [1.807, 2.05) is 38.4 Å². The SMILES string of the molecule is CC[N+](CC)(CC)Cc1ccc(CC(=O)NCCC(c2ccc(CC(=O)O)cc2)N(C)C)cc1. The van der Waals surface area contributed by atoms with E-state index in [-0.39, 0.29) is 18.4 Å². The molecular formula is C28H42N3O3+. The minimum Gasteiger partial charge on any atom is -0.481 e. The van der Waals surface area contributed by atoms with Crippen LogP contribution in [-0.2, 0) is 29.0 Å². The molecule has 1 amide bonds. The first-order valence-electron chi connectivity index (χ1n) is 12.4. The Hall–Kier alpha value is -2.70. The number of nitrogens with one attached hydrogen (secondary N) is 1. The Morgan fingerprint density at radius 3 is 1.85 bits per heavy atom. The Bertz CT molecular complexity index is 895. The van der Waals surface area contributed by atoms with Crippen LogP contribution >= 0.6 is 0 Å². The number of benzene rings is 2. The number of nitrogens with zero attached hydrogens (tertiary/aromatic N) is 2. The van der Waals surface area contributed by atoms with E-state index < -0.39 is 5.97 Å². The number of carbonyl (C=O) groups excluding carboxylic acids is 1. The van der Waals surface area contributed by atoms with Gasteiger partial charge in [0.2, 0.25) is 5.91 Å².